The van der Waals surface area contributed by atoms with E-state index in [1.807, 2.05) is 6.92 Å². The Morgan fingerprint density at radius 1 is 1.18 bits per heavy atom. The van der Waals surface area contributed by atoms with Gasteiger partial charge in [-0.05, 0) is 24.7 Å². The summed E-state index contributed by atoms with van der Waals surface area (Å²) in [7, 11) is 0. The van der Waals surface area contributed by atoms with Crippen LogP contribution in [-0.2, 0) is 9.53 Å². The minimum absolute atomic E-state index is 0.0198. The summed E-state index contributed by atoms with van der Waals surface area (Å²) in [5.41, 5.74) is 0. The summed E-state index contributed by atoms with van der Waals surface area (Å²) in [5.74, 6) is 1.12. The van der Waals surface area contributed by atoms with Crippen LogP contribution in [0.2, 0.25) is 0 Å². The van der Waals surface area contributed by atoms with Crippen molar-refractivity contribution in [3.63, 3.8) is 0 Å². The molecule has 0 saturated heterocycles. The molecule has 0 aromatic rings. The normalized spacial score (nSPS) is 14.7. The number of unbranched alkanes of at least 4 members (excludes halogenated alkanes) is 1. The molecule has 0 rings (SSSR count). The molecule has 0 spiro atoms. The van der Waals surface area contributed by atoms with E-state index in [9.17, 15) is 4.79 Å². The second kappa shape index (κ2) is 9.49. The zero-order chi connectivity index (χ0) is 13.3. The van der Waals surface area contributed by atoms with Crippen molar-refractivity contribution >= 4 is 5.97 Å². The van der Waals surface area contributed by atoms with Crippen LogP contribution >= 0.6 is 0 Å². The van der Waals surface area contributed by atoms with Gasteiger partial charge in [0.25, 0.3) is 0 Å². The summed E-state index contributed by atoms with van der Waals surface area (Å²) < 4.78 is 5.42. The molecule has 0 N–H and O–H groups in total. The average molecular weight is 242 g/mol. The van der Waals surface area contributed by atoms with E-state index in [2.05, 4.69) is 27.7 Å². The van der Waals surface area contributed by atoms with Gasteiger partial charge < -0.3 is 4.74 Å². The van der Waals surface area contributed by atoms with Crippen LogP contribution in [-0.4, -0.2) is 12.6 Å². The van der Waals surface area contributed by atoms with Gasteiger partial charge in [0.2, 0.25) is 0 Å². The average Bonchev–Trinajstić information content (AvgIpc) is 2.28. The summed E-state index contributed by atoms with van der Waals surface area (Å²) >= 11 is 0. The summed E-state index contributed by atoms with van der Waals surface area (Å²) in [6.45, 7) is 11.2. The monoisotopic (exact) mass is 242 g/mol. The van der Waals surface area contributed by atoms with Crippen LogP contribution in [0.3, 0.4) is 0 Å². The maximum Gasteiger partial charge on any atom is 0.308 e. The van der Waals surface area contributed by atoms with E-state index < -0.39 is 0 Å². The van der Waals surface area contributed by atoms with E-state index in [4.69, 9.17) is 4.74 Å². The van der Waals surface area contributed by atoms with Gasteiger partial charge in [-0.1, -0.05) is 53.9 Å². The van der Waals surface area contributed by atoms with Gasteiger partial charge in [-0.2, -0.15) is 0 Å². The fourth-order valence-electron chi connectivity index (χ4n) is 2.04. The molecule has 0 aliphatic rings. The van der Waals surface area contributed by atoms with Crippen molar-refractivity contribution in [1.29, 1.82) is 0 Å². The Morgan fingerprint density at radius 2 is 1.82 bits per heavy atom. The second-order valence-electron chi connectivity index (χ2n) is 5.58. The number of esters is 1. The predicted octanol–water partition coefficient (Wildman–Crippen LogP) is 4.43. The summed E-state index contributed by atoms with van der Waals surface area (Å²) in [4.78, 5) is 11.8. The lowest BCUT2D eigenvalue weighted by Crippen LogP contribution is -2.20. The highest BCUT2D eigenvalue weighted by molar-refractivity contribution is 5.71. The number of carbonyl (C=O) groups is 1. The van der Waals surface area contributed by atoms with Gasteiger partial charge in [0, 0.05) is 0 Å². The molecule has 0 aromatic carbocycles. The Kier molecular flexibility index (Phi) is 9.20. The van der Waals surface area contributed by atoms with E-state index in [1.165, 1.54) is 19.3 Å². The highest BCUT2D eigenvalue weighted by atomic mass is 16.5. The number of ether oxygens (including phenoxy) is 1. The van der Waals surface area contributed by atoms with Crippen LogP contribution in [0, 0.1) is 17.8 Å². The van der Waals surface area contributed by atoms with Gasteiger partial charge in [-0.25, -0.2) is 0 Å². The molecule has 0 aliphatic heterocycles. The molecule has 102 valence electrons. The lowest BCUT2D eigenvalue weighted by molar-refractivity contribution is -0.150. The number of carbonyl (C=O) groups excluding carboxylic acids is 1. The molecule has 0 aromatic heterocycles. The van der Waals surface area contributed by atoms with E-state index in [0.717, 1.165) is 12.8 Å². The second-order valence-corrected chi connectivity index (χ2v) is 5.58. The van der Waals surface area contributed by atoms with Crippen molar-refractivity contribution in [2.45, 2.75) is 66.7 Å². The van der Waals surface area contributed by atoms with Gasteiger partial charge in [0.1, 0.15) is 0 Å². The summed E-state index contributed by atoms with van der Waals surface area (Å²) in [6, 6.07) is 0. The molecule has 0 amide bonds. The highest BCUT2D eigenvalue weighted by Gasteiger charge is 2.17. The molecule has 0 radical (unpaired) electrons. The minimum atomic E-state index is -0.0198. The van der Waals surface area contributed by atoms with Crippen molar-refractivity contribution in [3.8, 4) is 0 Å². The van der Waals surface area contributed by atoms with E-state index in [-0.39, 0.29) is 11.9 Å². The molecule has 0 saturated carbocycles. The first-order valence-corrected chi connectivity index (χ1v) is 7.17. The van der Waals surface area contributed by atoms with E-state index in [1.54, 1.807) is 0 Å². The quantitative estimate of drug-likeness (QED) is 0.559. The van der Waals surface area contributed by atoms with Gasteiger partial charge in [-0.3, -0.25) is 4.79 Å². The molecule has 0 fully saturated rings. The van der Waals surface area contributed by atoms with Crippen LogP contribution in [0.1, 0.15) is 66.7 Å². The predicted molar refractivity (Wildman–Crippen MR) is 72.9 cm³/mol. The topological polar surface area (TPSA) is 26.3 Å². The Morgan fingerprint density at radius 3 is 2.29 bits per heavy atom. The maximum atomic E-state index is 11.8. The molecule has 2 unspecified atom stereocenters. The van der Waals surface area contributed by atoms with Crippen molar-refractivity contribution in [1.82, 2.24) is 0 Å². The molecular weight excluding hydrogens is 212 g/mol. The van der Waals surface area contributed by atoms with Gasteiger partial charge in [0.15, 0.2) is 0 Å². The molecule has 2 atom stereocenters. The first-order valence-electron chi connectivity index (χ1n) is 7.17. The van der Waals surface area contributed by atoms with Crippen LogP contribution in [0.5, 0.6) is 0 Å². The molecule has 0 aliphatic carbocycles. The van der Waals surface area contributed by atoms with Crippen LogP contribution in [0.15, 0.2) is 0 Å². The van der Waals surface area contributed by atoms with Crippen molar-refractivity contribution in [3.05, 3.63) is 0 Å². The van der Waals surface area contributed by atoms with Crippen LogP contribution in [0.4, 0.5) is 0 Å². The van der Waals surface area contributed by atoms with Crippen LogP contribution < -0.4 is 0 Å². The number of hydrogen-bond donors (Lipinski definition) is 0. The standard InChI is InChI=1S/C15H30O2/c1-6-8-9-14(7-2)11-17-15(16)13(5)10-12(3)4/h12-14H,6-11H2,1-5H3. The lowest BCUT2D eigenvalue weighted by atomic mass is 9.98. The Balaban J connectivity index is 3.86. The fourth-order valence-corrected chi connectivity index (χ4v) is 2.04. The summed E-state index contributed by atoms with van der Waals surface area (Å²) in [5, 5.41) is 0. The molecular formula is C15H30O2. The molecule has 0 heterocycles. The van der Waals surface area contributed by atoms with Gasteiger partial charge >= 0.3 is 5.97 Å². The molecule has 2 nitrogen and oxygen atoms in total. The number of hydrogen-bond acceptors (Lipinski definition) is 2. The first-order chi connectivity index (χ1) is 8.01. The van der Waals surface area contributed by atoms with Crippen LogP contribution in [0.25, 0.3) is 0 Å². The maximum absolute atomic E-state index is 11.8. The molecule has 0 bridgehead atoms. The third kappa shape index (κ3) is 8.23. The summed E-state index contributed by atoms with van der Waals surface area (Å²) in [6.07, 6.45) is 5.65. The first kappa shape index (κ1) is 16.5. The molecule has 17 heavy (non-hydrogen) atoms. The van der Waals surface area contributed by atoms with Crippen molar-refractivity contribution in [2.75, 3.05) is 6.61 Å². The van der Waals surface area contributed by atoms with E-state index >= 15 is 0 Å². The minimum Gasteiger partial charge on any atom is -0.465 e. The third-order valence-corrected chi connectivity index (χ3v) is 3.23. The Labute approximate surface area is 107 Å². The fraction of sp³-hybridized carbons (Fsp3) is 0.933. The lowest BCUT2D eigenvalue weighted by Gasteiger charge is -2.17. The highest BCUT2D eigenvalue weighted by Crippen LogP contribution is 2.16. The SMILES string of the molecule is CCCCC(CC)COC(=O)C(C)CC(C)C. The van der Waals surface area contributed by atoms with Gasteiger partial charge in [-0.15, -0.1) is 0 Å². The zero-order valence-electron chi connectivity index (χ0n) is 12.3. The van der Waals surface area contributed by atoms with E-state index in [0.29, 0.717) is 18.4 Å². The zero-order valence-corrected chi connectivity index (χ0v) is 12.3. The number of rotatable bonds is 9. The Hall–Kier alpha value is -0.530. The third-order valence-electron chi connectivity index (χ3n) is 3.23. The Bertz CT molecular complexity index is 199. The van der Waals surface area contributed by atoms with Crippen molar-refractivity contribution < 1.29 is 9.53 Å². The van der Waals surface area contributed by atoms with Crippen molar-refractivity contribution in [2.24, 2.45) is 17.8 Å². The smallest absolute Gasteiger partial charge is 0.308 e. The van der Waals surface area contributed by atoms with Gasteiger partial charge in [0.05, 0.1) is 12.5 Å². The molecule has 2 heteroatoms. The largest absolute Gasteiger partial charge is 0.465 e.